The molecule has 0 aliphatic heterocycles. The number of para-hydroxylation sites is 2. The Morgan fingerprint density at radius 2 is 0.816 bits per heavy atom. The average Bonchev–Trinajstić information content (AvgIpc) is 2.96. The van der Waals surface area contributed by atoms with Crippen LogP contribution in [0.1, 0.15) is 11.1 Å². The number of nitrogens with zero attached hydrogens (tertiary/aromatic N) is 2. The third-order valence-corrected chi connectivity index (χ3v) is 6.66. The second-order valence-corrected chi connectivity index (χ2v) is 8.99. The monoisotopic (exact) mass is 492 g/mol. The van der Waals surface area contributed by atoms with Gasteiger partial charge in [-0.25, -0.2) is 0 Å². The lowest BCUT2D eigenvalue weighted by molar-refractivity contribution is 0.475. The van der Waals surface area contributed by atoms with Crippen molar-refractivity contribution in [2.45, 2.75) is 0 Å². The Bertz CT molecular complexity index is 1720. The summed E-state index contributed by atoms with van der Waals surface area (Å²) in [5.41, 5.74) is 4.70. The van der Waals surface area contributed by atoms with Gasteiger partial charge in [0.15, 0.2) is 0 Å². The smallest absolute Gasteiger partial charge is 0.124 e. The Morgan fingerprint density at radius 1 is 0.421 bits per heavy atom. The SMILES string of the molecule is Oc1ccc2ccccc2c1C=Nc1ccccc1-c1ccccc1N=Cc1c(O)ccc2ccccc12. The molecule has 4 nitrogen and oxygen atoms in total. The molecule has 0 unspecified atom stereocenters. The highest BCUT2D eigenvalue weighted by Crippen LogP contribution is 2.37. The minimum atomic E-state index is 0.185. The molecule has 0 amide bonds. The standard InChI is InChI=1S/C34H24N2O2/c37-33-19-17-23-9-1-3-11-25(23)29(33)21-35-31-15-7-5-13-27(31)28-14-6-8-16-32(28)36-22-30-26-12-4-2-10-24(26)18-20-34(30)38/h1-22,37-38H. The molecule has 6 aromatic rings. The highest BCUT2D eigenvalue weighted by Gasteiger charge is 2.10. The quantitative estimate of drug-likeness (QED) is 0.237. The van der Waals surface area contributed by atoms with Crippen molar-refractivity contribution in [2.24, 2.45) is 9.98 Å². The summed E-state index contributed by atoms with van der Waals surface area (Å²) in [5, 5.41) is 25.1. The maximum absolute atomic E-state index is 10.6. The molecule has 0 spiro atoms. The van der Waals surface area contributed by atoms with Crippen LogP contribution in [-0.2, 0) is 0 Å². The summed E-state index contributed by atoms with van der Waals surface area (Å²) < 4.78 is 0. The van der Waals surface area contributed by atoms with Gasteiger partial charge in [-0.2, -0.15) is 0 Å². The van der Waals surface area contributed by atoms with Crippen LogP contribution in [-0.4, -0.2) is 22.6 Å². The first-order valence-electron chi connectivity index (χ1n) is 12.4. The fourth-order valence-electron chi connectivity index (χ4n) is 4.74. The zero-order chi connectivity index (χ0) is 25.9. The van der Waals surface area contributed by atoms with Gasteiger partial charge in [-0.1, -0.05) is 97.1 Å². The number of fused-ring (bicyclic) bond motifs is 2. The first-order chi connectivity index (χ1) is 18.7. The first-order valence-corrected chi connectivity index (χ1v) is 12.4. The number of benzene rings is 6. The van der Waals surface area contributed by atoms with Crippen LogP contribution in [0, 0.1) is 0 Å². The van der Waals surface area contributed by atoms with E-state index in [0.29, 0.717) is 11.1 Å². The molecule has 2 N–H and O–H groups in total. The molecule has 0 bridgehead atoms. The Labute approximate surface area is 220 Å². The van der Waals surface area contributed by atoms with E-state index in [1.165, 1.54) is 0 Å². The normalized spacial score (nSPS) is 11.7. The third kappa shape index (κ3) is 4.40. The van der Waals surface area contributed by atoms with Gasteiger partial charge in [0.2, 0.25) is 0 Å². The van der Waals surface area contributed by atoms with E-state index in [2.05, 4.69) is 0 Å². The van der Waals surface area contributed by atoms with Crippen LogP contribution in [0.2, 0.25) is 0 Å². The molecule has 0 aliphatic rings. The second-order valence-electron chi connectivity index (χ2n) is 8.99. The van der Waals surface area contributed by atoms with Gasteiger partial charge in [0, 0.05) is 34.7 Å². The minimum absolute atomic E-state index is 0.185. The zero-order valence-electron chi connectivity index (χ0n) is 20.5. The zero-order valence-corrected chi connectivity index (χ0v) is 20.5. The van der Waals surface area contributed by atoms with E-state index in [4.69, 9.17) is 9.98 Å². The summed E-state index contributed by atoms with van der Waals surface area (Å²) >= 11 is 0. The van der Waals surface area contributed by atoms with Gasteiger partial charge in [-0.3, -0.25) is 9.98 Å². The topological polar surface area (TPSA) is 65.2 Å². The average molecular weight is 493 g/mol. The van der Waals surface area contributed by atoms with Crippen molar-refractivity contribution in [1.82, 2.24) is 0 Å². The molecule has 0 radical (unpaired) electrons. The highest BCUT2D eigenvalue weighted by atomic mass is 16.3. The van der Waals surface area contributed by atoms with Gasteiger partial charge in [-0.05, 0) is 45.8 Å². The van der Waals surface area contributed by atoms with Crippen molar-refractivity contribution in [3.8, 4) is 22.6 Å². The summed E-state index contributed by atoms with van der Waals surface area (Å²) in [6, 6.07) is 38.8. The van der Waals surface area contributed by atoms with E-state index in [1.54, 1.807) is 24.6 Å². The van der Waals surface area contributed by atoms with E-state index in [0.717, 1.165) is 44.0 Å². The van der Waals surface area contributed by atoms with Crippen molar-refractivity contribution in [3.63, 3.8) is 0 Å². The molecular formula is C34H24N2O2. The van der Waals surface area contributed by atoms with Crippen molar-refractivity contribution in [3.05, 3.63) is 132 Å². The van der Waals surface area contributed by atoms with Gasteiger partial charge in [-0.15, -0.1) is 0 Å². The highest BCUT2D eigenvalue weighted by molar-refractivity contribution is 6.05. The Kier molecular flexibility index (Phi) is 6.12. The van der Waals surface area contributed by atoms with E-state index < -0.39 is 0 Å². The minimum Gasteiger partial charge on any atom is -0.507 e. The van der Waals surface area contributed by atoms with Crippen LogP contribution in [0.5, 0.6) is 11.5 Å². The number of phenols is 2. The molecule has 0 atom stereocenters. The molecular weight excluding hydrogens is 468 g/mol. The van der Waals surface area contributed by atoms with Crippen LogP contribution in [0.3, 0.4) is 0 Å². The predicted molar refractivity (Wildman–Crippen MR) is 158 cm³/mol. The molecule has 38 heavy (non-hydrogen) atoms. The Morgan fingerprint density at radius 3 is 1.29 bits per heavy atom. The molecule has 4 heteroatoms. The Hall–Kier alpha value is -5.22. The number of aliphatic imine (C=N–C) groups is 2. The van der Waals surface area contributed by atoms with Crippen molar-refractivity contribution >= 4 is 45.3 Å². The molecule has 0 fully saturated rings. The lowest BCUT2D eigenvalue weighted by Gasteiger charge is -2.10. The number of rotatable bonds is 5. The molecule has 6 aromatic carbocycles. The summed E-state index contributed by atoms with van der Waals surface area (Å²) in [6.45, 7) is 0. The predicted octanol–water partition coefficient (Wildman–Crippen LogP) is 8.57. The molecule has 0 saturated heterocycles. The van der Waals surface area contributed by atoms with Gasteiger partial charge in [0.1, 0.15) is 11.5 Å². The van der Waals surface area contributed by atoms with Crippen molar-refractivity contribution < 1.29 is 10.2 Å². The van der Waals surface area contributed by atoms with Gasteiger partial charge < -0.3 is 10.2 Å². The number of phenolic OH excluding ortho intramolecular Hbond substituents is 2. The summed E-state index contributed by atoms with van der Waals surface area (Å²) in [5.74, 6) is 0.370. The molecule has 6 rings (SSSR count). The van der Waals surface area contributed by atoms with E-state index >= 15 is 0 Å². The first kappa shape index (κ1) is 23.2. The van der Waals surface area contributed by atoms with E-state index in [-0.39, 0.29) is 11.5 Å². The maximum Gasteiger partial charge on any atom is 0.124 e. The second kappa shape index (κ2) is 10.0. The molecule has 182 valence electrons. The summed E-state index contributed by atoms with van der Waals surface area (Å²) in [6.07, 6.45) is 3.44. The van der Waals surface area contributed by atoms with Crippen LogP contribution < -0.4 is 0 Å². The lowest BCUT2D eigenvalue weighted by Crippen LogP contribution is -1.88. The van der Waals surface area contributed by atoms with Gasteiger partial charge in [0.25, 0.3) is 0 Å². The number of hydrogen-bond acceptors (Lipinski definition) is 4. The third-order valence-electron chi connectivity index (χ3n) is 6.66. The fraction of sp³-hybridized carbons (Fsp3) is 0. The van der Waals surface area contributed by atoms with Crippen molar-refractivity contribution in [1.29, 1.82) is 0 Å². The molecule has 0 aromatic heterocycles. The molecule has 0 aliphatic carbocycles. The van der Waals surface area contributed by atoms with Crippen LogP contribution >= 0.6 is 0 Å². The number of hydrogen-bond donors (Lipinski definition) is 2. The van der Waals surface area contributed by atoms with Gasteiger partial charge in [0.05, 0.1) is 11.4 Å². The summed E-state index contributed by atoms with van der Waals surface area (Å²) in [4.78, 5) is 9.60. The maximum atomic E-state index is 10.6. The molecule has 0 heterocycles. The van der Waals surface area contributed by atoms with Crippen LogP contribution in [0.15, 0.2) is 131 Å². The van der Waals surface area contributed by atoms with Crippen LogP contribution in [0.4, 0.5) is 11.4 Å². The van der Waals surface area contributed by atoms with Crippen molar-refractivity contribution in [2.75, 3.05) is 0 Å². The largest absolute Gasteiger partial charge is 0.507 e. The van der Waals surface area contributed by atoms with E-state index in [1.807, 2.05) is 109 Å². The fourth-order valence-corrected chi connectivity index (χ4v) is 4.74. The lowest BCUT2D eigenvalue weighted by atomic mass is 10.0. The van der Waals surface area contributed by atoms with E-state index in [9.17, 15) is 10.2 Å². The van der Waals surface area contributed by atoms with Gasteiger partial charge >= 0.3 is 0 Å². The molecule has 0 saturated carbocycles. The number of aromatic hydroxyl groups is 2. The summed E-state index contributed by atoms with van der Waals surface area (Å²) in [7, 11) is 0. The van der Waals surface area contributed by atoms with Crippen LogP contribution in [0.25, 0.3) is 32.7 Å². The Balaban J connectivity index is 1.42.